The van der Waals surface area contributed by atoms with Gasteiger partial charge in [0.2, 0.25) is 5.91 Å². The number of nitrogens with zero attached hydrogens (tertiary/aromatic N) is 1. The predicted octanol–water partition coefficient (Wildman–Crippen LogP) is 2.45. The first-order valence-corrected chi connectivity index (χ1v) is 7.02. The molecule has 1 saturated heterocycles. The van der Waals surface area contributed by atoms with E-state index < -0.39 is 0 Å². The monoisotopic (exact) mass is 262 g/mol. The average molecular weight is 262 g/mol. The van der Waals surface area contributed by atoms with Crippen LogP contribution >= 0.6 is 0 Å². The maximum atomic E-state index is 13.3. The molecule has 1 saturated carbocycles. The fraction of sp³-hybridized carbons (Fsp3) is 0.533. The van der Waals surface area contributed by atoms with Crippen LogP contribution in [0.3, 0.4) is 0 Å². The van der Waals surface area contributed by atoms with Gasteiger partial charge in [-0.3, -0.25) is 10.1 Å². The lowest BCUT2D eigenvalue weighted by Crippen LogP contribution is -2.31. The zero-order valence-corrected chi connectivity index (χ0v) is 10.9. The van der Waals surface area contributed by atoms with Gasteiger partial charge in [0.15, 0.2) is 0 Å². The Bertz CT molecular complexity index is 473. The number of amides is 1. The van der Waals surface area contributed by atoms with Gasteiger partial charge in [0.1, 0.15) is 12.0 Å². The molecule has 1 unspecified atom stereocenters. The minimum absolute atomic E-state index is 0.116. The zero-order chi connectivity index (χ0) is 13.2. The number of rotatable bonds is 5. The molecule has 0 aromatic heterocycles. The van der Waals surface area contributed by atoms with Gasteiger partial charge in [0.25, 0.3) is 0 Å². The third kappa shape index (κ3) is 2.95. The van der Waals surface area contributed by atoms with Crippen LogP contribution in [0.4, 0.5) is 4.39 Å². The lowest BCUT2D eigenvalue weighted by molar-refractivity contribution is -0.128. The molecule has 1 aliphatic carbocycles. The van der Waals surface area contributed by atoms with Crippen LogP contribution in [-0.4, -0.2) is 23.9 Å². The van der Waals surface area contributed by atoms with E-state index in [2.05, 4.69) is 5.32 Å². The van der Waals surface area contributed by atoms with E-state index in [0.717, 1.165) is 24.4 Å². The van der Waals surface area contributed by atoms with Crippen molar-refractivity contribution in [2.75, 3.05) is 13.1 Å². The molecule has 4 heteroatoms. The van der Waals surface area contributed by atoms with Crippen molar-refractivity contribution >= 4 is 5.91 Å². The maximum absolute atomic E-state index is 13.3. The van der Waals surface area contributed by atoms with E-state index in [4.69, 9.17) is 0 Å². The molecule has 19 heavy (non-hydrogen) atoms. The van der Waals surface area contributed by atoms with Gasteiger partial charge in [-0.1, -0.05) is 25.0 Å². The van der Waals surface area contributed by atoms with Crippen molar-refractivity contribution in [1.29, 1.82) is 0 Å². The van der Waals surface area contributed by atoms with Gasteiger partial charge in [0.05, 0.1) is 6.54 Å². The van der Waals surface area contributed by atoms with Gasteiger partial charge in [-0.2, -0.15) is 0 Å². The zero-order valence-electron chi connectivity index (χ0n) is 10.9. The van der Waals surface area contributed by atoms with E-state index in [1.165, 1.54) is 31.4 Å². The SMILES string of the molecule is O=C1CNC(c2cccc(F)c2)N1CCCC1CC1. The normalized spacial score (nSPS) is 23.1. The summed E-state index contributed by atoms with van der Waals surface area (Å²) in [6.07, 6.45) is 4.78. The quantitative estimate of drug-likeness (QED) is 0.884. The fourth-order valence-electron chi connectivity index (χ4n) is 2.72. The highest BCUT2D eigenvalue weighted by atomic mass is 19.1. The maximum Gasteiger partial charge on any atom is 0.238 e. The van der Waals surface area contributed by atoms with Gasteiger partial charge >= 0.3 is 0 Å². The molecule has 1 amide bonds. The topological polar surface area (TPSA) is 32.3 Å². The van der Waals surface area contributed by atoms with Crippen LogP contribution in [0.5, 0.6) is 0 Å². The number of hydrogen-bond donors (Lipinski definition) is 1. The van der Waals surface area contributed by atoms with Crippen molar-refractivity contribution in [2.24, 2.45) is 5.92 Å². The number of hydrogen-bond acceptors (Lipinski definition) is 2. The van der Waals surface area contributed by atoms with Crippen LogP contribution in [0.1, 0.15) is 37.4 Å². The number of carbonyl (C=O) groups is 1. The Morgan fingerprint density at radius 2 is 2.21 bits per heavy atom. The lowest BCUT2D eigenvalue weighted by atomic mass is 10.1. The van der Waals surface area contributed by atoms with Gasteiger partial charge in [-0.15, -0.1) is 0 Å². The second-order valence-corrected chi connectivity index (χ2v) is 5.51. The van der Waals surface area contributed by atoms with Gasteiger partial charge in [-0.25, -0.2) is 4.39 Å². The van der Waals surface area contributed by atoms with Crippen molar-refractivity contribution in [2.45, 2.75) is 31.8 Å². The fourth-order valence-corrected chi connectivity index (χ4v) is 2.72. The number of benzene rings is 1. The minimum atomic E-state index is -0.253. The summed E-state index contributed by atoms with van der Waals surface area (Å²) in [5.74, 6) is 0.750. The van der Waals surface area contributed by atoms with Crippen LogP contribution in [0.15, 0.2) is 24.3 Å². The van der Waals surface area contributed by atoms with E-state index in [9.17, 15) is 9.18 Å². The van der Waals surface area contributed by atoms with Crippen LogP contribution < -0.4 is 5.32 Å². The predicted molar refractivity (Wildman–Crippen MR) is 70.8 cm³/mol. The van der Waals surface area contributed by atoms with Crippen LogP contribution in [0.2, 0.25) is 0 Å². The molecule has 1 aromatic rings. The number of nitrogens with one attached hydrogen (secondary N) is 1. The molecule has 1 heterocycles. The van der Waals surface area contributed by atoms with Gasteiger partial charge < -0.3 is 4.90 Å². The summed E-state index contributed by atoms with van der Waals surface area (Å²) in [6.45, 7) is 1.12. The Morgan fingerprint density at radius 1 is 1.37 bits per heavy atom. The minimum Gasteiger partial charge on any atom is -0.322 e. The van der Waals surface area contributed by atoms with Crippen molar-refractivity contribution in [3.05, 3.63) is 35.6 Å². The first kappa shape index (κ1) is 12.6. The molecular weight excluding hydrogens is 243 g/mol. The molecule has 2 fully saturated rings. The van der Waals surface area contributed by atoms with Gasteiger partial charge in [0, 0.05) is 6.54 Å². The second-order valence-electron chi connectivity index (χ2n) is 5.51. The Hall–Kier alpha value is -1.42. The summed E-state index contributed by atoms with van der Waals surface area (Å²) in [7, 11) is 0. The third-order valence-electron chi connectivity index (χ3n) is 3.95. The Morgan fingerprint density at radius 3 is 2.95 bits per heavy atom. The highest BCUT2D eigenvalue weighted by Gasteiger charge is 2.31. The summed E-state index contributed by atoms with van der Waals surface area (Å²) in [6, 6.07) is 6.49. The summed E-state index contributed by atoms with van der Waals surface area (Å²) in [4.78, 5) is 13.7. The molecule has 2 aliphatic rings. The second kappa shape index (κ2) is 5.29. The summed E-state index contributed by atoms with van der Waals surface area (Å²) in [5, 5.41) is 3.16. The molecule has 0 spiro atoms. The molecule has 0 bridgehead atoms. The Kier molecular flexibility index (Phi) is 3.51. The van der Waals surface area contributed by atoms with E-state index in [0.29, 0.717) is 6.54 Å². The van der Waals surface area contributed by atoms with Crippen molar-refractivity contribution in [1.82, 2.24) is 10.2 Å². The molecular formula is C15H19FN2O. The molecule has 3 nitrogen and oxygen atoms in total. The van der Waals surface area contributed by atoms with Crippen LogP contribution in [0.25, 0.3) is 0 Å². The van der Waals surface area contributed by atoms with Crippen molar-refractivity contribution < 1.29 is 9.18 Å². The Balaban J connectivity index is 1.66. The van der Waals surface area contributed by atoms with Crippen molar-refractivity contribution in [3.63, 3.8) is 0 Å². The highest BCUT2D eigenvalue weighted by molar-refractivity contribution is 5.80. The summed E-state index contributed by atoms with van der Waals surface area (Å²) < 4.78 is 13.3. The third-order valence-corrected chi connectivity index (χ3v) is 3.95. The standard InChI is InChI=1S/C15H19FN2O/c16-13-5-1-4-12(9-13)15-17-10-14(19)18(15)8-2-3-11-6-7-11/h1,4-5,9,11,15,17H,2-3,6-8,10H2. The Labute approximate surface area is 112 Å². The van der Waals surface area contributed by atoms with E-state index in [1.54, 1.807) is 6.07 Å². The first-order chi connectivity index (χ1) is 9.24. The van der Waals surface area contributed by atoms with Crippen LogP contribution in [-0.2, 0) is 4.79 Å². The van der Waals surface area contributed by atoms with Crippen molar-refractivity contribution in [3.8, 4) is 0 Å². The van der Waals surface area contributed by atoms with E-state index in [-0.39, 0.29) is 17.9 Å². The summed E-state index contributed by atoms with van der Waals surface area (Å²) in [5.41, 5.74) is 0.831. The smallest absolute Gasteiger partial charge is 0.238 e. The van der Waals surface area contributed by atoms with E-state index in [1.807, 2.05) is 11.0 Å². The molecule has 102 valence electrons. The summed E-state index contributed by atoms with van der Waals surface area (Å²) >= 11 is 0. The largest absolute Gasteiger partial charge is 0.322 e. The molecule has 3 rings (SSSR count). The molecule has 1 atom stereocenters. The van der Waals surface area contributed by atoms with Crippen LogP contribution in [0, 0.1) is 11.7 Å². The van der Waals surface area contributed by atoms with E-state index >= 15 is 0 Å². The molecule has 0 radical (unpaired) electrons. The first-order valence-electron chi connectivity index (χ1n) is 7.02. The van der Waals surface area contributed by atoms with Gasteiger partial charge in [-0.05, 0) is 36.5 Å². The average Bonchev–Trinajstić information content (AvgIpc) is 3.14. The number of carbonyl (C=O) groups excluding carboxylic acids is 1. The lowest BCUT2D eigenvalue weighted by Gasteiger charge is -2.24. The molecule has 1 aliphatic heterocycles. The molecule has 1 N–H and O–H groups in total. The number of halogens is 1. The highest BCUT2D eigenvalue weighted by Crippen LogP contribution is 2.34. The molecule has 1 aromatic carbocycles.